The Bertz CT molecular complexity index is 453. The zero-order valence-corrected chi connectivity index (χ0v) is 14.7. The number of nitrogens with zero attached hydrogens (tertiary/aromatic N) is 2. The van der Waals surface area contributed by atoms with Crippen LogP contribution in [-0.4, -0.2) is 43.4 Å². The number of carbonyl (C=O) groups excluding carboxylic acids is 2. The minimum atomic E-state index is -1.54. The van der Waals surface area contributed by atoms with Crippen molar-refractivity contribution in [2.45, 2.75) is 44.7 Å². The summed E-state index contributed by atoms with van der Waals surface area (Å²) in [6.45, 7) is 2.75. The van der Waals surface area contributed by atoms with Gasteiger partial charge in [0.25, 0.3) is 0 Å². The topological polar surface area (TPSA) is 197 Å². The fraction of sp³-hybridized carbons (Fsp3) is 0.636. The van der Waals surface area contributed by atoms with Crippen molar-refractivity contribution in [2.75, 3.05) is 0 Å². The van der Waals surface area contributed by atoms with E-state index in [0.717, 1.165) is 9.80 Å². The monoisotopic (exact) mass is 364 g/mol. The third-order valence-electron chi connectivity index (χ3n) is 2.68. The van der Waals surface area contributed by atoms with Crippen molar-refractivity contribution in [3.8, 4) is 0 Å². The lowest BCUT2D eigenvalue weighted by Crippen LogP contribution is -2.66. The number of hydrogen-bond donors (Lipinski definition) is 6. The molecule has 0 aromatic heterocycles. The molecule has 0 rings (SSSR count). The summed E-state index contributed by atoms with van der Waals surface area (Å²) < 4.78 is 0. The van der Waals surface area contributed by atoms with E-state index in [0.29, 0.717) is 0 Å². The lowest BCUT2D eigenvalue weighted by atomic mass is 10.2. The summed E-state index contributed by atoms with van der Waals surface area (Å²) >= 11 is 9.50. The Morgan fingerprint density at radius 1 is 0.826 bits per heavy atom. The van der Waals surface area contributed by atoms with E-state index >= 15 is 0 Å². The third-order valence-corrected chi connectivity index (χ3v) is 3.05. The van der Waals surface area contributed by atoms with Gasteiger partial charge in [0.05, 0.1) is 0 Å². The van der Waals surface area contributed by atoms with Gasteiger partial charge >= 0.3 is 0 Å². The molecule has 132 valence electrons. The van der Waals surface area contributed by atoms with Crippen LogP contribution in [0.5, 0.6) is 0 Å². The van der Waals surface area contributed by atoms with E-state index in [2.05, 4.69) is 0 Å². The Labute approximate surface area is 145 Å². The highest BCUT2D eigenvalue weighted by atomic mass is 32.1. The molecule has 0 bridgehead atoms. The van der Waals surface area contributed by atoms with E-state index in [1.807, 2.05) is 0 Å². The van der Waals surface area contributed by atoms with Gasteiger partial charge in [0, 0.05) is 12.8 Å². The largest absolute Gasteiger partial charge is 0.376 e. The van der Waals surface area contributed by atoms with Gasteiger partial charge in [0.2, 0.25) is 11.8 Å². The third kappa shape index (κ3) is 6.68. The van der Waals surface area contributed by atoms with Gasteiger partial charge in [-0.15, -0.1) is 0 Å². The average Bonchev–Trinajstić information content (AvgIpc) is 2.22. The first-order valence-corrected chi connectivity index (χ1v) is 7.41. The van der Waals surface area contributed by atoms with Gasteiger partial charge in [-0.05, 0) is 44.7 Å². The van der Waals surface area contributed by atoms with Crippen LogP contribution in [0.1, 0.15) is 33.1 Å². The molecule has 0 saturated heterocycles. The molecular weight excluding hydrogens is 340 g/mol. The SMILES string of the molecule is CC(N)(N)N(C(=O)CCCC(=O)N(C(N)=S)C(C)(N)N)C(N)=S. The van der Waals surface area contributed by atoms with Crippen LogP contribution in [-0.2, 0) is 9.59 Å². The van der Waals surface area contributed by atoms with E-state index in [1.165, 1.54) is 13.8 Å². The standard InChI is InChI=1S/C11H24N8O2S2/c1-10(14,15)18(8(12)22)6(20)4-3-5-7(21)19(9(13)23)11(2,16)17/h3-5,14-17H2,1-2H3,(H2,12,22)(H2,13,23). The molecule has 0 aliphatic carbocycles. The molecule has 2 amide bonds. The molecule has 0 atom stereocenters. The number of rotatable bonds is 6. The molecule has 0 radical (unpaired) electrons. The van der Waals surface area contributed by atoms with Crippen LogP contribution in [0, 0.1) is 0 Å². The van der Waals surface area contributed by atoms with Crippen LogP contribution >= 0.6 is 24.4 Å². The molecule has 0 fully saturated rings. The van der Waals surface area contributed by atoms with E-state index in [-0.39, 0.29) is 29.5 Å². The lowest BCUT2D eigenvalue weighted by molar-refractivity contribution is -0.132. The zero-order chi connectivity index (χ0) is 18.6. The summed E-state index contributed by atoms with van der Waals surface area (Å²) in [6, 6.07) is 0. The second-order valence-electron chi connectivity index (χ2n) is 5.44. The van der Waals surface area contributed by atoms with Crippen LogP contribution < -0.4 is 34.4 Å². The molecule has 0 aromatic carbocycles. The Balaban J connectivity index is 4.77. The van der Waals surface area contributed by atoms with Crippen molar-refractivity contribution in [3.63, 3.8) is 0 Å². The van der Waals surface area contributed by atoms with Crippen LogP contribution in [0.2, 0.25) is 0 Å². The van der Waals surface area contributed by atoms with Gasteiger partial charge in [-0.1, -0.05) is 0 Å². The molecule has 0 unspecified atom stereocenters. The highest BCUT2D eigenvalue weighted by Crippen LogP contribution is 2.11. The summed E-state index contributed by atoms with van der Waals surface area (Å²) in [4.78, 5) is 25.9. The number of nitrogens with two attached hydrogens (primary N) is 6. The Kier molecular flexibility index (Phi) is 7.40. The minimum absolute atomic E-state index is 0.0654. The first-order chi connectivity index (χ1) is 10.2. The zero-order valence-electron chi connectivity index (χ0n) is 13.1. The van der Waals surface area contributed by atoms with Gasteiger partial charge < -0.3 is 11.5 Å². The molecule has 0 aliphatic heterocycles. The Morgan fingerprint density at radius 3 is 1.26 bits per heavy atom. The van der Waals surface area contributed by atoms with Crippen molar-refractivity contribution < 1.29 is 9.59 Å². The molecule has 10 nitrogen and oxygen atoms in total. The van der Waals surface area contributed by atoms with Crippen molar-refractivity contribution in [3.05, 3.63) is 0 Å². The van der Waals surface area contributed by atoms with Crippen molar-refractivity contribution >= 4 is 46.5 Å². The predicted octanol–water partition coefficient (Wildman–Crippen LogP) is -2.52. The van der Waals surface area contributed by atoms with Crippen LogP contribution in [0.25, 0.3) is 0 Å². The maximum absolute atomic E-state index is 12.1. The quantitative estimate of drug-likeness (QED) is 0.216. The molecule has 0 aliphatic rings. The highest BCUT2D eigenvalue weighted by Gasteiger charge is 2.31. The number of amides is 2. The normalized spacial score (nSPS) is 11.7. The second kappa shape index (κ2) is 7.90. The molecule has 12 heteroatoms. The molecule has 0 spiro atoms. The van der Waals surface area contributed by atoms with Gasteiger partial charge in [-0.3, -0.25) is 42.3 Å². The van der Waals surface area contributed by atoms with Gasteiger partial charge in [0.15, 0.2) is 10.2 Å². The maximum atomic E-state index is 12.1. The summed E-state index contributed by atoms with van der Waals surface area (Å²) in [7, 11) is 0. The van der Waals surface area contributed by atoms with Crippen LogP contribution in [0.15, 0.2) is 0 Å². The highest BCUT2D eigenvalue weighted by molar-refractivity contribution is 7.80. The van der Waals surface area contributed by atoms with Crippen molar-refractivity contribution in [1.29, 1.82) is 0 Å². The number of hydrogen-bond acceptors (Lipinski definition) is 8. The van der Waals surface area contributed by atoms with Crippen molar-refractivity contribution in [2.24, 2.45) is 34.4 Å². The fourth-order valence-corrected chi connectivity index (χ4v) is 2.47. The smallest absolute Gasteiger partial charge is 0.231 e. The minimum Gasteiger partial charge on any atom is -0.376 e. The first kappa shape index (κ1) is 21.6. The Morgan fingerprint density at radius 2 is 1.09 bits per heavy atom. The first-order valence-electron chi connectivity index (χ1n) is 6.60. The summed E-state index contributed by atoms with van der Waals surface area (Å²) in [5.41, 5.74) is 33.4. The lowest BCUT2D eigenvalue weighted by Gasteiger charge is -2.34. The molecular formula is C11H24N8O2S2. The van der Waals surface area contributed by atoms with Crippen LogP contribution in [0.4, 0.5) is 0 Å². The van der Waals surface area contributed by atoms with Crippen molar-refractivity contribution in [1.82, 2.24) is 9.80 Å². The summed E-state index contributed by atoms with van der Waals surface area (Å²) in [5.74, 6) is -4.10. The second-order valence-corrected chi connectivity index (χ2v) is 6.28. The van der Waals surface area contributed by atoms with E-state index in [4.69, 9.17) is 58.8 Å². The van der Waals surface area contributed by atoms with Gasteiger partial charge in [0.1, 0.15) is 11.6 Å². The van der Waals surface area contributed by atoms with Gasteiger partial charge in [-0.2, -0.15) is 0 Å². The Hall–Kier alpha value is -1.44. The van der Waals surface area contributed by atoms with Gasteiger partial charge in [-0.25, -0.2) is 0 Å². The summed E-state index contributed by atoms with van der Waals surface area (Å²) in [6.07, 6.45) is 0.0241. The molecule has 23 heavy (non-hydrogen) atoms. The molecule has 12 N–H and O–H groups in total. The average molecular weight is 365 g/mol. The number of carbonyl (C=O) groups is 2. The number of thiocarbonyl (C=S) groups is 2. The van der Waals surface area contributed by atoms with Crippen LogP contribution in [0.3, 0.4) is 0 Å². The summed E-state index contributed by atoms with van der Waals surface area (Å²) in [5, 5.41) is -0.509. The molecule has 0 aromatic rings. The van der Waals surface area contributed by atoms with E-state index < -0.39 is 23.4 Å². The fourth-order valence-electron chi connectivity index (χ4n) is 1.87. The van der Waals surface area contributed by atoms with E-state index in [9.17, 15) is 9.59 Å². The van der Waals surface area contributed by atoms with E-state index in [1.54, 1.807) is 0 Å². The molecule has 0 heterocycles. The maximum Gasteiger partial charge on any atom is 0.231 e. The predicted molar refractivity (Wildman–Crippen MR) is 94.7 cm³/mol. The molecule has 0 saturated carbocycles.